The molecule has 1 aromatic heterocycles. The van der Waals surface area contributed by atoms with Crippen molar-refractivity contribution < 1.29 is 9.53 Å². The lowest BCUT2D eigenvalue weighted by atomic mass is 10.2. The molecule has 0 aliphatic rings. The van der Waals surface area contributed by atoms with Crippen molar-refractivity contribution in [3.63, 3.8) is 0 Å². The number of ether oxygens (including phenoxy) is 1. The van der Waals surface area contributed by atoms with Crippen molar-refractivity contribution in [1.82, 2.24) is 4.57 Å². The van der Waals surface area contributed by atoms with Crippen molar-refractivity contribution in [2.45, 2.75) is 27.3 Å². The molecule has 0 atom stereocenters. The lowest BCUT2D eigenvalue weighted by molar-refractivity contribution is 0.0967. The molecule has 0 aliphatic carbocycles. The summed E-state index contributed by atoms with van der Waals surface area (Å²) in [5.41, 5.74) is 0.753. The average Bonchev–Trinajstić information content (AvgIpc) is 2.60. The molecule has 0 N–H and O–H groups in total. The predicted molar refractivity (Wildman–Crippen MR) is 60.1 cm³/mol. The molecule has 1 heterocycles. The van der Waals surface area contributed by atoms with Crippen molar-refractivity contribution >= 4 is 5.78 Å². The number of nitrogens with zero attached hydrogens (tertiary/aromatic N) is 1. The van der Waals surface area contributed by atoms with Crippen molar-refractivity contribution in [2.24, 2.45) is 5.92 Å². The van der Waals surface area contributed by atoms with E-state index in [1.54, 1.807) is 6.92 Å². The van der Waals surface area contributed by atoms with Gasteiger partial charge in [-0.1, -0.05) is 13.8 Å². The summed E-state index contributed by atoms with van der Waals surface area (Å²) >= 11 is 0. The highest BCUT2D eigenvalue weighted by Crippen LogP contribution is 2.03. The molecule has 0 saturated heterocycles. The molecule has 0 radical (unpaired) electrons. The molecule has 0 spiro atoms. The Bertz CT molecular complexity index is 315. The summed E-state index contributed by atoms with van der Waals surface area (Å²) in [6, 6.07) is 3.73. The summed E-state index contributed by atoms with van der Waals surface area (Å²) in [6.45, 7) is 8.01. The number of carbonyl (C=O) groups is 1. The highest BCUT2D eigenvalue weighted by molar-refractivity contribution is 5.92. The Morgan fingerprint density at radius 3 is 2.87 bits per heavy atom. The third-order valence-electron chi connectivity index (χ3n) is 2.12. The lowest BCUT2D eigenvalue weighted by Gasteiger charge is -2.09. The first-order chi connectivity index (χ1) is 7.11. The van der Waals surface area contributed by atoms with Gasteiger partial charge in [0.2, 0.25) is 0 Å². The fraction of sp³-hybridized carbons (Fsp3) is 0.583. The predicted octanol–water partition coefficient (Wildman–Crippen LogP) is 2.36. The lowest BCUT2D eigenvalue weighted by Crippen LogP contribution is -2.12. The number of hydrogen-bond donors (Lipinski definition) is 0. The van der Waals surface area contributed by atoms with E-state index < -0.39 is 0 Å². The van der Waals surface area contributed by atoms with Gasteiger partial charge in [0, 0.05) is 26.3 Å². The first kappa shape index (κ1) is 12.0. The maximum absolute atomic E-state index is 11.2. The maximum Gasteiger partial charge on any atom is 0.176 e. The van der Waals surface area contributed by atoms with Crippen LogP contribution in [0.3, 0.4) is 0 Å². The van der Waals surface area contributed by atoms with E-state index in [2.05, 4.69) is 13.8 Å². The van der Waals surface area contributed by atoms with Crippen LogP contribution in [0.5, 0.6) is 0 Å². The van der Waals surface area contributed by atoms with Crippen molar-refractivity contribution in [3.8, 4) is 0 Å². The smallest absolute Gasteiger partial charge is 0.176 e. The van der Waals surface area contributed by atoms with Crippen LogP contribution in [0.2, 0.25) is 0 Å². The normalized spacial score (nSPS) is 10.9. The maximum atomic E-state index is 11.2. The van der Waals surface area contributed by atoms with Crippen LogP contribution in [0.4, 0.5) is 0 Å². The van der Waals surface area contributed by atoms with Gasteiger partial charge < -0.3 is 9.30 Å². The quantitative estimate of drug-likeness (QED) is 0.532. The monoisotopic (exact) mass is 209 g/mol. The molecule has 0 saturated carbocycles. The summed E-state index contributed by atoms with van der Waals surface area (Å²) in [7, 11) is 0. The highest BCUT2D eigenvalue weighted by Gasteiger charge is 2.04. The van der Waals surface area contributed by atoms with Crippen LogP contribution >= 0.6 is 0 Å². The molecule has 3 nitrogen and oxygen atoms in total. The number of hydrogen-bond acceptors (Lipinski definition) is 2. The summed E-state index contributed by atoms with van der Waals surface area (Å²) in [5, 5.41) is 0. The molecule has 0 aliphatic heterocycles. The third kappa shape index (κ3) is 3.88. The molecule has 3 heteroatoms. The SMILES string of the molecule is CC(=O)c1cccn1CCOCC(C)C. The second-order valence-corrected chi connectivity index (χ2v) is 4.11. The van der Waals surface area contributed by atoms with Crippen molar-refractivity contribution in [3.05, 3.63) is 24.0 Å². The second-order valence-electron chi connectivity index (χ2n) is 4.11. The highest BCUT2D eigenvalue weighted by atomic mass is 16.5. The van der Waals surface area contributed by atoms with Crippen LogP contribution in [0.25, 0.3) is 0 Å². The number of carbonyl (C=O) groups excluding carboxylic acids is 1. The molecule has 0 amide bonds. The first-order valence-corrected chi connectivity index (χ1v) is 5.35. The number of rotatable bonds is 6. The van der Waals surface area contributed by atoms with Gasteiger partial charge in [0.05, 0.1) is 12.3 Å². The van der Waals surface area contributed by atoms with Gasteiger partial charge in [-0.3, -0.25) is 4.79 Å². The zero-order chi connectivity index (χ0) is 11.3. The standard InChI is InChI=1S/C12H19NO2/c1-10(2)9-15-8-7-13-6-4-5-12(13)11(3)14/h4-6,10H,7-9H2,1-3H3. The topological polar surface area (TPSA) is 31.2 Å². The number of ketones is 1. The zero-order valence-corrected chi connectivity index (χ0v) is 9.69. The number of Topliss-reactive ketones (excluding diaryl/α,β-unsaturated/α-hetero) is 1. The van der Waals surface area contributed by atoms with Gasteiger partial charge in [0.25, 0.3) is 0 Å². The molecule has 15 heavy (non-hydrogen) atoms. The average molecular weight is 209 g/mol. The molecule has 84 valence electrons. The van der Waals surface area contributed by atoms with Crippen LogP contribution in [-0.4, -0.2) is 23.6 Å². The molecule has 0 unspecified atom stereocenters. The van der Waals surface area contributed by atoms with Crippen molar-refractivity contribution in [2.75, 3.05) is 13.2 Å². The van der Waals surface area contributed by atoms with E-state index >= 15 is 0 Å². The largest absolute Gasteiger partial charge is 0.379 e. The van der Waals surface area contributed by atoms with E-state index in [1.165, 1.54) is 0 Å². The van der Waals surface area contributed by atoms with Gasteiger partial charge >= 0.3 is 0 Å². The molecule has 0 aromatic carbocycles. The van der Waals surface area contributed by atoms with E-state index in [0.717, 1.165) is 18.8 Å². The van der Waals surface area contributed by atoms with E-state index in [-0.39, 0.29) is 5.78 Å². The molecule has 1 aromatic rings. The fourth-order valence-electron chi connectivity index (χ4n) is 1.41. The van der Waals surface area contributed by atoms with Gasteiger partial charge in [-0.2, -0.15) is 0 Å². The summed E-state index contributed by atoms with van der Waals surface area (Å²) in [5.74, 6) is 0.658. The Balaban J connectivity index is 2.37. The van der Waals surface area contributed by atoms with E-state index in [0.29, 0.717) is 12.5 Å². The Kier molecular flexibility index (Phi) is 4.56. The van der Waals surface area contributed by atoms with Gasteiger partial charge in [-0.15, -0.1) is 0 Å². The Morgan fingerprint density at radius 1 is 1.53 bits per heavy atom. The van der Waals surface area contributed by atoms with E-state index in [9.17, 15) is 4.79 Å². The summed E-state index contributed by atoms with van der Waals surface area (Å²) < 4.78 is 7.40. The summed E-state index contributed by atoms with van der Waals surface area (Å²) in [4.78, 5) is 11.2. The first-order valence-electron chi connectivity index (χ1n) is 5.35. The molecule has 1 rings (SSSR count). The Morgan fingerprint density at radius 2 is 2.27 bits per heavy atom. The fourth-order valence-corrected chi connectivity index (χ4v) is 1.41. The summed E-state index contributed by atoms with van der Waals surface area (Å²) in [6.07, 6.45) is 1.91. The molecular formula is C12H19NO2. The molecule has 0 fully saturated rings. The minimum absolute atomic E-state index is 0.101. The van der Waals surface area contributed by atoms with Crippen LogP contribution < -0.4 is 0 Å². The van der Waals surface area contributed by atoms with Gasteiger partial charge in [0.15, 0.2) is 5.78 Å². The number of aromatic nitrogens is 1. The third-order valence-corrected chi connectivity index (χ3v) is 2.12. The van der Waals surface area contributed by atoms with Gasteiger partial charge in [-0.25, -0.2) is 0 Å². The van der Waals surface area contributed by atoms with E-state index in [4.69, 9.17) is 4.74 Å². The van der Waals surface area contributed by atoms with Crippen LogP contribution in [0, 0.1) is 5.92 Å². The Labute approximate surface area is 91.0 Å². The van der Waals surface area contributed by atoms with Crippen LogP contribution in [-0.2, 0) is 11.3 Å². The van der Waals surface area contributed by atoms with Gasteiger partial charge in [-0.05, 0) is 18.1 Å². The van der Waals surface area contributed by atoms with Crippen LogP contribution in [0.1, 0.15) is 31.3 Å². The molecular weight excluding hydrogens is 190 g/mol. The Hall–Kier alpha value is -1.09. The minimum Gasteiger partial charge on any atom is -0.379 e. The van der Waals surface area contributed by atoms with Crippen molar-refractivity contribution in [1.29, 1.82) is 0 Å². The second kappa shape index (κ2) is 5.71. The van der Waals surface area contributed by atoms with E-state index in [1.807, 2.05) is 22.9 Å². The van der Waals surface area contributed by atoms with Crippen LogP contribution in [0.15, 0.2) is 18.3 Å². The molecule has 0 bridgehead atoms. The zero-order valence-electron chi connectivity index (χ0n) is 9.69. The van der Waals surface area contributed by atoms with Gasteiger partial charge in [0.1, 0.15) is 0 Å². The minimum atomic E-state index is 0.101.